The van der Waals surface area contributed by atoms with Gasteiger partial charge in [-0.15, -0.1) is 0 Å². The van der Waals surface area contributed by atoms with Crippen LogP contribution < -0.4 is 0 Å². The summed E-state index contributed by atoms with van der Waals surface area (Å²) in [6, 6.07) is 8.79. The minimum Gasteiger partial charge on any atom is -0.463 e. The molecule has 7 nitrogen and oxygen atoms in total. The number of allylic oxidation sites excluding steroid dienone is 1. The first-order chi connectivity index (χ1) is 18.5. The maximum Gasteiger partial charge on any atom is 0.338 e. The van der Waals surface area contributed by atoms with E-state index in [2.05, 4.69) is 19.1 Å². The predicted octanol–water partition coefficient (Wildman–Crippen LogP) is 6.98. The molecule has 0 fully saturated rings. The van der Waals surface area contributed by atoms with Gasteiger partial charge in [-0.1, -0.05) is 75.8 Å². The SMILES string of the molecule is CCCCCCC(C/C=C\CCCCCCCC(=O)OCCOCCOC(=O)c1ccccc1)OC(C)=O. The summed E-state index contributed by atoms with van der Waals surface area (Å²) in [6.07, 6.45) is 17.4. The van der Waals surface area contributed by atoms with Crippen molar-refractivity contribution in [3.8, 4) is 0 Å². The summed E-state index contributed by atoms with van der Waals surface area (Å²) in [5, 5.41) is 0. The van der Waals surface area contributed by atoms with E-state index >= 15 is 0 Å². The van der Waals surface area contributed by atoms with Crippen molar-refractivity contribution in [3.05, 3.63) is 48.0 Å². The van der Waals surface area contributed by atoms with Crippen LogP contribution in [-0.2, 0) is 28.5 Å². The summed E-state index contributed by atoms with van der Waals surface area (Å²) in [6.45, 7) is 4.58. The Morgan fingerprint density at radius 3 is 2.21 bits per heavy atom. The van der Waals surface area contributed by atoms with Gasteiger partial charge in [0.2, 0.25) is 0 Å². The van der Waals surface area contributed by atoms with E-state index < -0.39 is 0 Å². The Morgan fingerprint density at radius 1 is 0.789 bits per heavy atom. The molecular formula is C31H48O7. The van der Waals surface area contributed by atoms with Crippen LogP contribution in [0.25, 0.3) is 0 Å². The Hall–Kier alpha value is -2.67. The molecular weight excluding hydrogens is 484 g/mol. The van der Waals surface area contributed by atoms with Crippen LogP contribution in [0.1, 0.15) is 108 Å². The van der Waals surface area contributed by atoms with Crippen LogP contribution in [0.5, 0.6) is 0 Å². The minimum absolute atomic E-state index is 0.00320. The number of unbranched alkanes of at least 4 members (excludes halogenated alkanes) is 8. The van der Waals surface area contributed by atoms with Crippen molar-refractivity contribution in [2.75, 3.05) is 26.4 Å². The molecule has 0 spiro atoms. The van der Waals surface area contributed by atoms with Gasteiger partial charge in [-0.2, -0.15) is 0 Å². The summed E-state index contributed by atoms with van der Waals surface area (Å²) in [5.74, 6) is -0.783. The lowest BCUT2D eigenvalue weighted by atomic mass is 10.1. The molecule has 1 rings (SSSR count). The molecule has 0 amide bonds. The maximum atomic E-state index is 11.8. The Morgan fingerprint density at radius 2 is 1.47 bits per heavy atom. The quantitative estimate of drug-likeness (QED) is 0.0650. The van der Waals surface area contributed by atoms with Crippen LogP contribution >= 0.6 is 0 Å². The molecule has 0 aromatic heterocycles. The average Bonchev–Trinajstić information content (AvgIpc) is 2.91. The second kappa shape index (κ2) is 23.4. The molecule has 0 aliphatic carbocycles. The van der Waals surface area contributed by atoms with Gasteiger partial charge in [0.05, 0.1) is 18.8 Å². The zero-order valence-electron chi connectivity index (χ0n) is 23.5. The third-order valence-corrected chi connectivity index (χ3v) is 5.99. The average molecular weight is 533 g/mol. The van der Waals surface area contributed by atoms with Gasteiger partial charge >= 0.3 is 17.9 Å². The van der Waals surface area contributed by atoms with E-state index in [-0.39, 0.29) is 50.4 Å². The number of benzene rings is 1. The van der Waals surface area contributed by atoms with Crippen molar-refractivity contribution in [1.29, 1.82) is 0 Å². The molecule has 0 saturated carbocycles. The van der Waals surface area contributed by atoms with E-state index in [1.54, 1.807) is 24.3 Å². The van der Waals surface area contributed by atoms with Gasteiger partial charge in [0, 0.05) is 19.8 Å². The lowest BCUT2D eigenvalue weighted by molar-refractivity contribution is -0.147. The normalized spacial score (nSPS) is 11.8. The second-order valence-corrected chi connectivity index (χ2v) is 9.43. The van der Waals surface area contributed by atoms with Gasteiger partial charge in [-0.3, -0.25) is 9.59 Å². The molecule has 1 aromatic rings. The number of hydrogen-bond acceptors (Lipinski definition) is 7. The molecule has 214 valence electrons. The Bertz CT molecular complexity index is 776. The summed E-state index contributed by atoms with van der Waals surface area (Å²) in [7, 11) is 0. The molecule has 1 aromatic carbocycles. The van der Waals surface area contributed by atoms with Gasteiger partial charge in [-0.05, 0) is 44.2 Å². The van der Waals surface area contributed by atoms with Crippen molar-refractivity contribution in [3.63, 3.8) is 0 Å². The number of hydrogen-bond donors (Lipinski definition) is 0. The highest BCUT2D eigenvalue weighted by atomic mass is 16.6. The first-order valence-corrected chi connectivity index (χ1v) is 14.3. The number of rotatable bonds is 23. The van der Waals surface area contributed by atoms with Gasteiger partial charge in [0.15, 0.2) is 0 Å². The molecule has 1 unspecified atom stereocenters. The summed E-state index contributed by atoms with van der Waals surface area (Å²) in [5.41, 5.74) is 0.507. The van der Waals surface area contributed by atoms with Gasteiger partial charge in [0.25, 0.3) is 0 Å². The Kier molecular flexibility index (Phi) is 20.6. The number of carbonyl (C=O) groups is 3. The fraction of sp³-hybridized carbons (Fsp3) is 0.645. The fourth-order valence-electron chi connectivity index (χ4n) is 3.93. The van der Waals surface area contributed by atoms with Crippen molar-refractivity contribution in [2.45, 2.75) is 103 Å². The smallest absolute Gasteiger partial charge is 0.338 e. The van der Waals surface area contributed by atoms with Crippen LogP contribution in [0.4, 0.5) is 0 Å². The van der Waals surface area contributed by atoms with Crippen molar-refractivity contribution in [2.24, 2.45) is 0 Å². The molecule has 38 heavy (non-hydrogen) atoms. The molecule has 0 radical (unpaired) electrons. The van der Waals surface area contributed by atoms with Gasteiger partial charge < -0.3 is 18.9 Å². The number of ether oxygens (including phenoxy) is 4. The highest BCUT2D eigenvalue weighted by Crippen LogP contribution is 2.13. The van der Waals surface area contributed by atoms with Gasteiger partial charge in [0.1, 0.15) is 19.3 Å². The van der Waals surface area contributed by atoms with E-state index in [0.29, 0.717) is 12.0 Å². The zero-order valence-corrected chi connectivity index (χ0v) is 23.5. The monoisotopic (exact) mass is 532 g/mol. The molecule has 0 saturated heterocycles. The van der Waals surface area contributed by atoms with Crippen LogP contribution in [0.15, 0.2) is 42.5 Å². The van der Waals surface area contributed by atoms with Crippen LogP contribution in [0.2, 0.25) is 0 Å². The third-order valence-electron chi connectivity index (χ3n) is 5.99. The van der Waals surface area contributed by atoms with E-state index in [4.69, 9.17) is 18.9 Å². The van der Waals surface area contributed by atoms with E-state index in [1.165, 1.54) is 26.2 Å². The zero-order chi connectivity index (χ0) is 27.7. The Labute approximate surface area is 229 Å². The molecule has 0 aliphatic heterocycles. The topological polar surface area (TPSA) is 88.1 Å². The van der Waals surface area contributed by atoms with Gasteiger partial charge in [-0.25, -0.2) is 4.79 Å². The summed E-state index contributed by atoms with van der Waals surface area (Å²) in [4.78, 5) is 34.9. The van der Waals surface area contributed by atoms with E-state index in [0.717, 1.165) is 57.8 Å². The number of esters is 3. The largest absolute Gasteiger partial charge is 0.463 e. The first-order valence-electron chi connectivity index (χ1n) is 14.3. The molecule has 0 bridgehead atoms. The van der Waals surface area contributed by atoms with Crippen LogP contribution in [0, 0.1) is 0 Å². The molecule has 0 aliphatic rings. The first kappa shape index (κ1) is 33.4. The molecule has 0 heterocycles. The standard InChI is InChI=1S/C31H48O7/c1-3-4-5-15-20-29(38-27(2)32)21-16-10-8-6-7-9-11-17-22-30(33)36-25-23-35-24-26-37-31(34)28-18-13-12-14-19-28/h10,12-14,16,18-19,29H,3-9,11,15,17,20-26H2,1-2H3/b16-10-. The summed E-state index contributed by atoms with van der Waals surface area (Å²) < 4.78 is 21.1. The van der Waals surface area contributed by atoms with E-state index in [1.807, 2.05) is 6.07 Å². The lowest BCUT2D eigenvalue weighted by Gasteiger charge is -2.15. The van der Waals surface area contributed by atoms with E-state index in [9.17, 15) is 14.4 Å². The lowest BCUT2D eigenvalue weighted by Crippen LogP contribution is -2.15. The van der Waals surface area contributed by atoms with Crippen LogP contribution in [0.3, 0.4) is 0 Å². The maximum absolute atomic E-state index is 11.8. The van der Waals surface area contributed by atoms with Crippen LogP contribution in [-0.4, -0.2) is 50.4 Å². The Balaban J connectivity index is 1.92. The number of carbonyl (C=O) groups excluding carboxylic acids is 3. The minimum atomic E-state index is -0.380. The second-order valence-electron chi connectivity index (χ2n) is 9.43. The predicted molar refractivity (Wildman–Crippen MR) is 149 cm³/mol. The molecule has 7 heteroatoms. The van der Waals surface area contributed by atoms with Crippen molar-refractivity contribution in [1.82, 2.24) is 0 Å². The highest BCUT2D eigenvalue weighted by molar-refractivity contribution is 5.89. The summed E-state index contributed by atoms with van der Waals surface area (Å²) >= 11 is 0. The highest BCUT2D eigenvalue weighted by Gasteiger charge is 2.10. The third kappa shape index (κ3) is 19.4. The fourth-order valence-corrected chi connectivity index (χ4v) is 3.93. The van der Waals surface area contributed by atoms with Crippen molar-refractivity contribution >= 4 is 17.9 Å². The molecule has 0 N–H and O–H groups in total. The van der Waals surface area contributed by atoms with Crippen molar-refractivity contribution < 1.29 is 33.3 Å². The molecule has 1 atom stereocenters.